The molecule has 0 saturated heterocycles. The fraction of sp³-hybridized carbons (Fsp3) is 0.111. The second-order valence-electron chi connectivity index (χ2n) is 5.54. The van der Waals surface area contributed by atoms with Crippen molar-refractivity contribution in [3.8, 4) is 11.6 Å². The Morgan fingerprint density at radius 3 is 2.54 bits per heavy atom. The molecule has 0 radical (unpaired) electrons. The van der Waals surface area contributed by atoms with Gasteiger partial charge in [0.1, 0.15) is 17.9 Å². The number of pyridine rings is 1. The zero-order valence-electron chi connectivity index (χ0n) is 14.9. The van der Waals surface area contributed by atoms with Crippen LogP contribution in [0.1, 0.15) is 16.1 Å². The van der Waals surface area contributed by atoms with E-state index in [4.69, 9.17) is 4.74 Å². The number of aromatic nitrogens is 3. The lowest BCUT2D eigenvalue weighted by molar-refractivity contribution is -0.385. The quantitative estimate of drug-likeness (QED) is 0.388. The van der Waals surface area contributed by atoms with Crippen LogP contribution in [0.4, 0.5) is 17.3 Å². The Hall–Kier alpha value is -4.08. The maximum atomic E-state index is 11.6. The van der Waals surface area contributed by atoms with Crippen LogP contribution in [-0.2, 0) is 4.74 Å². The fourth-order valence-corrected chi connectivity index (χ4v) is 2.32. The molecule has 142 valence electrons. The van der Waals surface area contributed by atoms with Crippen molar-refractivity contribution in [2.45, 2.75) is 6.92 Å². The number of benzene rings is 1. The van der Waals surface area contributed by atoms with Crippen LogP contribution in [0.25, 0.3) is 0 Å². The van der Waals surface area contributed by atoms with Crippen LogP contribution in [0.15, 0.2) is 48.8 Å². The van der Waals surface area contributed by atoms with Gasteiger partial charge in [0.15, 0.2) is 0 Å². The third-order valence-electron chi connectivity index (χ3n) is 3.60. The van der Waals surface area contributed by atoms with Crippen molar-refractivity contribution in [1.29, 1.82) is 0 Å². The van der Waals surface area contributed by atoms with E-state index in [1.54, 1.807) is 25.1 Å². The van der Waals surface area contributed by atoms with Crippen LogP contribution in [0.2, 0.25) is 0 Å². The third kappa shape index (κ3) is 4.18. The number of carbonyl (C=O) groups is 1. The molecular formula is C18H15N5O5. The number of nitrogens with zero attached hydrogens (tertiary/aromatic N) is 4. The van der Waals surface area contributed by atoms with Crippen LogP contribution in [0.3, 0.4) is 0 Å². The molecule has 3 aromatic rings. The van der Waals surface area contributed by atoms with Gasteiger partial charge in [-0.2, -0.15) is 4.98 Å². The largest absolute Gasteiger partial charge is 0.465 e. The summed E-state index contributed by atoms with van der Waals surface area (Å²) in [7, 11) is 1.27. The number of methoxy groups -OCH3 is 1. The van der Waals surface area contributed by atoms with Gasteiger partial charge in [0.2, 0.25) is 5.82 Å². The summed E-state index contributed by atoms with van der Waals surface area (Å²) >= 11 is 0. The second-order valence-corrected chi connectivity index (χ2v) is 5.54. The van der Waals surface area contributed by atoms with Crippen molar-refractivity contribution >= 4 is 23.3 Å². The summed E-state index contributed by atoms with van der Waals surface area (Å²) in [6.07, 6.45) is 1.14. The summed E-state index contributed by atoms with van der Waals surface area (Å²) in [5, 5.41) is 14.4. The first-order valence-electron chi connectivity index (χ1n) is 8.04. The molecule has 0 saturated carbocycles. The SMILES string of the molecule is COC(=O)c1ccc(Oc2ncnc(Nc3cccc(C)n3)c2[N+](=O)[O-])cc1. The van der Waals surface area contributed by atoms with Crippen molar-refractivity contribution < 1.29 is 19.2 Å². The molecular weight excluding hydrogens is 366 g/mol. The highest BCUT2D eigenvalue weighted by Crippen LogP contribution is 2.35. The lowest BCUT2D eigenvalue weighted by Gasteiger charge is -2.09. The molecule has 2 aromatic heterocycles. The molecule has 0 bridgehead atoms. The van der Waals surface area contributed by atoms with Crippen molar-refractivity contribution in [3.05, 3.63) is 70.2 Å². The normalized spacial score (nSPS) is 10.2. The summed E-state index contributed by atoms with van der Waals surface area (Å²) in [6.45, 7) is 1.80. The number of carbonyl (C=O) groups excluding carboxylic acids is 1. The Morgan fingerprint density at radius 2 is 1.89 bits per heavy atom. The Kier molecular flexibility index (Phi) is 5.40. The van der Waals surface area contributed by atoms with E-state index in [0.717, 1.165) is 12.0 Å². The van der Waals surface area contributed by atoms with E-state index in [-0.39, 0.29) is 17.4 Å². The lowest BCUT2D eigenvalue weighted by atomic mass is 10.2. The molecule has 10 nitrogen and oxygen atoms in total. The van der Waals surface area contributed by atoms with Gasteiger partial charge in [-0.15, -0.1) is 0 Å². The van der Waals surface area contributed by atoms with E-state index >= 15 is 0 Å². The number of aryl methyl sites for hydroxylation is 1. The average Bonchev–Trinajstić information content (AvgIpc) is 2.68. The molecule has 0 atom stereocenters. The first-order valence-corrected chi connectivity index (χ1v) is 8.04. The molecule has 1 aromatic carbocycles. The summed E-state index contributed by atoms with van der Waals surface area (Å²) in [5.41, 5.74) is 0.617. The van der Waals surface area contributed by atoms with Gasteiger partial charge in [0.25, 0.3) is 0 Å². The number of ether oxygens (including phenoxy) is 2. The monoisotopic (exact) mass is 381 g/mol. The molecule has 0 unspecified atom stereocenters. The van der Waals surface area contributed by atoms with Gasteiger partial charge in [0.05, 0.1) is 17.6 Å². The zero-order chi connectivity index (χ0) is 20.1. The minimum absolute atomic E-state index is 0.0562. The maximum absolute atomic E-state index is 11.6. The number of hydrogen-bond acceptors (Lipinski definition) is 9. The molecule has 0 fully saturated rings. The molecule has 0 amide bonds. The van der Waals surface area contributed by atoms with Gasteiger partial charge >= 0.3 is 17.5 Å². The third-order valence-corrected chi connectivity index (χ3v) is 3.60. The Balaban J connectivity index is 1.91. The molecule has 0 aliphatic heterocycles. The van der Waals surface area contributed by atoms with E-state index < -0.39 is 16.6 Å². The number of nitrogens with one attached hydrogen (secondary N) is 1. The van der Waals surface area contributed by atoms with Crippen LogP contribution < -0.4 is 10.1 Å². The topological polar surface area (TPSA) is 129 Å². The van der Waals surface area contributed by atoms with Gasteiger partial charge in [-0.1, -0.05) is 6.07 Å². The van der Waals surface area contributed by atoms with Crippen LogP contribution in [0.5, 0.6) is 11.6 Å². The van der Waals surface area contributed by atoms with Gasteiger partial charge < -0.3 is 14.8 Å². The maximum Gasteiger partial charge on any atom is 0.373 e. The van der Waals surface area contributed by atoms with Crippen molar-refractivity contribution in [1.82, 2.24) is 15.0 Å². The Morgan fingerprint density at radius 1 is 1.14 bits per heavy atom. The fourth-order valence-electron chi connectivity index (χ4n) is 2.32. The summed E-state index contributed by atoms with van der Waals surface area (Å²) in [4.78, 5) is 34.5. The molecule has 0 aliphatic carbocycles. The van der Waals surface area contributed by atoms with E-state index in [9.17, 15) is 14.9 Å². The van der Waals surface area contributed by atoms with Crippen LogP contribution in [0, 0.1) is 17.0 Å². The van der Waals surface area contributed by atoms with Crippen LogP contribution in [-0.4, -0.2) is 33.0 Å². The van der Waals surface area contributed by atoms with Gasteiger partial charge in [-0.05, 0) is 43.3 Å². The highest BCUT2D eigenvalue weighted by Gasteiger charge is 2.25. The van der Waals surface area contributed by atoms with Gasteiger partial charge in [-0.25, -0.2) is 14.8 Å². The number of anilines is 2. The second kappa shape index (κ2) is 8.08. The van der Waals surface area contributed by atoms with Crippen molar-refractivity contribution in [3.63, 3.8) is 0 Å². The van der Waals surface area contributed by atoms with E-state index in [2.05, 4.69) is 25.0 Å². The zero-order valence-corrected chi connectivity index (χ0v) is 14.9. The van der Waals surface area contributed by atoms with E-state index in [0.29, 0.717) is 11.4 Å². The predicted molar refractivity (Wildman–Crippen MR) is 98.8 cm³/mol. The highest BCUT2D eigenvalue weighted by molar-refractivity contribution is 5.89. The van der Waals surface area contributed by atoms with E-state index in [1.807, 2.05) is 0 Å². The molecule has 0 spiro atoms. The van der Waals surface area contributed by atoms with Crippen LogP contribution >= 0.6 is 0 Å². The first-order chi connectivity index (χ1) is 13.5. The minimum Gasteiger partial charge on any atom is -0.465 e. The summed E-state index contributed by atoms with van der Waals surface area (Å²) < 4.78 is 10.2. The van der Waals surface area contributed by atoms with E-state index in [1.165, 1.54) is 31.4 Å². The lowest BCUT2D eigenvalue weighted by Crippen LogP contribution is -2.05. The Bertz CT molecular complexity index is 1020. The van der Waals surface area contributed by atoms with Crippen molar-refractivity contribution in [2.75, 3.05) is 12.4 Å². The predicted octanol–water partition coefficient (Wildman–Crippen LogP) is 3.41. The molecule has 2 heterocycles. The first kappa shape index (κ1) is 18.7. The van der Waals surface area contributed by atoms with Gasteiger partial charge in [-0.3, -0.25) is 10.1 Å². The number of rotatable bonds is 6. The smallest absolute Gasteiger partial charge is 0.373 e. The minimum atomic E-state index is -0.643. The Labute approximate surface area is 159 Å². The number of nitro groups is 1. The summed E-state index contributed by atoms with van der Waals surface area (Å²) in [6, 6.07) is 11.1. The average molecular weight is 381 g/mol. The molecule has 10 heteroatoms. The number of esters is 1. The number of hydrogen-bond donors (Lipinski definition) is 1. The van der Waals surface area contributed by atoms with Gasteiger partial charge in [0, 0.05) is 5.69 Å². The molecule has 28 heavy (non-hydrogen) atoms. The highest BCUT2D eigenvalue weighted by atomic mass is 16.6. The standard InChI is InChI=1S/C18H15N5O5/c1-11-4-3-5-14(21-11)22-16-15(23(25)26)17(20-10-19-16)28-13-8-6-12(7-9-13)18(24)27-2/h3-10H,1-2H3,(H,19,20,21,22). The molecule has 3 rings (SSSR count). The van der Waals surface area contributed by atoms with Crippen molar-refractivity contribution in [2.24, 2.45) is 0 Å². The molecule has 1 N–H and O–H groups in total. The molecule has 0 aliphatic rings. The summed E-state index contributed by atoms with van der Waals surface area (Å²) in [5.74, 6) is -0.152.